The van der Waals surface area contributed by atoms with E-state index in [1.54, 1.807) is 0 Å². The summed E-state index contributed by atoms with van der Waals surface area (Å²) in [5.74, 6) is 0. The molecule has 0 aliphatic carbocycles. The first-order chi connectivity index (χ1) is 2.41. The quantitative estimate of drug-likeness (QED) is 0.353. The Morgan fingerprint density at radius 1 is 1.80 bits per heavy atom. The van der Waals surface area contributed by atoms with Crippen LogP contribution in [-0.2, 0) is 4.79 Å². The van der Waals surface area contributed by atoms with E-state index in [1.165, 1.54) is 6.38 Å². The maximum Gasteiger partial charge on any atom is 0.290 e. The van der Waals surface area contributed by atoms with E-state index >= 15 is 0 Å². The van der Waals surface area contributed by atoms with E-state index in [4.69, 9.17) is 9.90 Å². The second kappa shape index (κ2) is 49.6. The fourth-order valence-electron chi connectivity index (χ4n) is 0. The van der Waals surface area contributed by atoms with Crippen LogP contribution in [0.1, 0.15) is 0 Å². The molecule has 0 radical (unpaired) electrons. The van der Waals surface area contributed by atoms with Crippen molar-refractivity contribution in [3.8, 4) is 0 Å². The highest BCUT2D eigenvalue weighted by Crippen LogP contribution is 1.34. The molecule has 0 aromatic heterocycles. The first-order valence-electron chi connectivity index (χ1n) is 0.872. The summed E-state index contributed by atoms with van der Waals surface area (Å²) in [7, 11) is 0. The minimum Gasteiger partial charge on any atom is -0.483 e. The zero-order valence-corrected chi connectivity index (χ0v) is 3.57. The molecule has 0 spiro atoms. The van der Waals surface area contributed by atoms with Crippen molar-refractivity contribution in [2.75, 3.05) is 6.38 Å². The van der Waals surface area contributed by atoms with E-state index in [-0.39, 0.29) is 6.47 Å². The summed E-state index contributed by atoms with van der Waals surface area (Å²) in [5.41, 5.74) is 0. The van der Waals surface area contributed by atoms with Crippen molar-refractivity contribution >= 4 is 18.1 Å². The molecule has 2 nitrogen and oxygen atoms in total. The van der Waals surface area contributed by atoms with Crippen molar-refractivity contribution in [3.05, 3.63) is 0 Å². The Morgan fingerprint density at radius 2 is 1.80 bits per heavy atom. The van der Waals surface area contributed by atoms with E-state index in [1.807, 2.05) is 0 Å². The van der Waals surface area contributed by atoms with Gasteiger partial charge >= 0.3 is 0 Å². The summed E-state index contributed by atoms with van der Waals surface area (Å²) in [6.45, 7) is -0.250. The monoisotopic (exact) mass is 96.0 g/mol. The smallest absolute Gasteiger partial charge is 0.290 e. The Bertz CT molecular complexity index is 15.1. The summed E-state index contributed by atoms with van der Waals surface area (Å²) in [6, 6.07) is 0. The van der Waals surface area contributed by atoms with Crippen molar-refractivity contribution in [1.29, 1.82) is 0 Å². The van der Waals surface area contributed by atoms with Crippen LogP contribution in [0.15, 0.2) is 0 Å². The molecule has 1 N–H and O–H groups in total. The lowest BCUT2D eigenvalue weighted by atomic mass is 11.7. The Kier molecular flexibility index (Phi) is 87.6. The van der Waals surface area contributed by atoms with Crippen LogP contribution in [0.2, 0.25) is 0 Å². The lowest BCUT2D eigenvalue weighted by Gasteiger charge is -1.34. The minimum atomic E-state index is -0.250. The Balaban J connectivity index is 0. The molecule has 0 saturated carbocycles. The third-order valence-electron chi connectivity index (χ3n) is 0. The maximum absolute atomic E-state index is 8.36. The van der Waals surface area contributed by atoms with E-state index in [9.17, 15) is 0 Å². The first kappa shape index (κ1) is 8.83. The number of carboxylic acid groups (broad SMARTS) is 1. The third kappa shape index (κ3) is 202. The maximum atomic E-state index is 8.36. The fourth-order valence-corrected chi connectivity index (χ4v) is 0. The van der Waals surface area contributed by atoms with Crippen LogP contribution >= 0.6 is 11.6 Å². The fraction of sp³-hybridized carbons (Fsp3) is 0.500. The van der Waals surface area contributed by atoms with Gasteiger partial charge in [-0.05, 0) is 0 Å². The van der Waals surface area contributed by atoms with Crippen molar-refractivity contribution < 1.29 is 9.90 Å². The second-order valence-electron chi connectivity index (χ2n) is 0.105. The zero-order valence-electron chi connectivity index (χ0n) is 2.81. The molecular formula is C2H5ClO2. The molecule has 32 valence electrons. The third-order valence-corrected chi connectivity index (χ3v) is 0. The van der Waals surface area contributed by atoms with Crippen LogP contribution in [0, 0.1) is 0 Å². The average molecular weight is 96.5 g/mol. The normalized spacial score (nSPS) is 3.60. The predicted molar refractivity (Wildman–Crippen MR) is 20.5 cm³/mol. The highest BCUT2D eigenvalue weighted by Gasteiger charge is 1.22. The van der Waals surface area contributed by atoms with Gasteiger partial charge in [0.2, 0.25) is 0 Å². The number of hydrogen-bond donors (Lipinski definition) is 1. The first-order valence-corrected chi connectivity index (χ1v) is 1.63. The van der Waals surface area contributed by atoms with Crippen LogP contribution in [-0.4, -0.2) is 18.0 Å². The Hall–Kier alpha value is -0.240. The lowest BCUT2D eigenvalue weighted by molar-refractivity contribution is -0.122. The molecule has 0 saturated heterocycles. The summed E-state index contributed by atoms with van der Waals surface area (Å²) >= 11 is 4.64. The topological polar surface area (TPSA) is 37.3 Å². The van der Waals surface area contributed by atoms with Crippen molar-refractivity contribution in [1.82, 2.24) is 0 Å². The summed E-state index contributed by atoms with van der Waals surface area (Å²) in [4.78, 5) is 8.36. The summed E-state index contributed by atoms with van der Waals surface area (Å²) < 4.78 is 0. The van der Waals surface area contributed by atoms with Crippen LogP contribution in [0.25, 0.3) is 0 Å². The molecular weight excluding hydrogens is 91.5 g/mol. The molecule has 0 bridgehead atoms. The van der Waals surface area contributed by atoms with Crippen LogP contribution in [0.5, 0.6) is 0 Å². The largest absolute Gasteiger partial charge is 0.483 e. The SMILES string of the molecule is CCl.O=CO. The van der Waals surface area contributed by atoms with Gasteiger partial charge < -0.3 is 5.11 Å². The van der Waals surface area contributed by atoms with E-state index < -0.39 is 0 Å². The minimum absolute atomic E-state index is 0.250. The molecule has 0 amide bonds. The molecule has 0 fully saturated rings. The van der Waals surface area contributed by atoms with Gasteiger partial charge in [0.1, 0.15) is 0 Å². The van der Waals surface area contributed by atoms with Gasteiger partial charge in [-0.1, -0.05) is 0 Å². The highest BCUT2D eigenvalue weighted by molar-refractivity contribution is 6.15. The summed E-state index contributed by atoms with van der Waals surface area (Å²) in [5, 5.41) is 6.89. The number of halogens is 1. The predicted octanol–water partition coefficient (Wildman–Crippen LogP) is 0.556. The Labute approximate surface area is 35.4 Å². The molecule has 0 aliphatic heterocycles. The number of hydrogen-bond acceptors (Lipinski definition) is 1. The van der Waals surface area contributed by atoms with Gasteiger partial charge in [-0.3, -0.25) is 4.79 Å². The van der Waals surface area contributed by atoms with Gasteiger partial charge in [-0.15, -0.1) is 11.6 Å². The number of rotatable bonds is 0. The van der Waals surface area contributed by atoms with Crippen LogP contribution in [0.3, 0.4) is 0 Å². The second-order valence-corrected chi connectivity index (χ2v) is 0.105. The summed E-state index contributed by atoms with van der Waals surface area (Å²) in [6.07, 6.45) is 1.47. The van der Waals surface area contributed by atoms with E-state index in [0.717, 1.165) is 0 Å². The molecule has 0 aromatic carbocycles. The zero-order chi connectivity index (χ0) is 4.71. The number of alkyl halides is 1. The molecule has 0 aliphatic rings. The molecule has 0 unspecified atom stereocenters. The molecule has 0 rings (SSSR count). The highest BCUT2D eigenvalue weighted by atomic mass is 35.5. The van der Waals surface area contributed by atoms with Gasteiger partial charge in [-0.25, -0.2) is 0 Å². The molecule has 0 atom stereocenters. The molecule has 0 aromatic rings. The van der Waals surface area contributed by atoms with E-state index in [0.29, 0.717) is 0 Å². The average Bonchev–Trinajstić information content (AvgIpc) is 1.46. The van der Waals surface area contributed by atoms with Gasteiger partial charge in [0, 0.05) is 6.38 Å². The van der Waals surface area contributed by atoms with Crippen LogP contribution < -0.4 is 0 Å². The van der Waals surface area contributed by atoms with E-state index in [2.05, 4.69) is 11.6 Å². The Morgan fingerprint density at radius 3 is 1.80 bits per heavy atom. The van der Waals surface area contributed by atoms with Gasteiger partial charge in [0.15, 0.2) is 0 Å². The molecule has 3 heteroatoms. The van der Waals surface area contributed by atoms with Crippen molar-refractivity contribution in [2.24, 2.45) is 0 Å². The molecule has 5 heavy (non-hydrogen) atoms. The van der Waals surface area contributed by atoms with Crippen LogP contribution in [0.4, 0.5) is 0 Å². The van der Waals surface area contributed by atoms with Gasteiger partial charge in [-0.2, -0.15) is 0 Å². The lowest BCUT2D eigenvalue weighted by Crippen LogP contribution is -1.49. The van der Waals surface area contributed by atoms with Crippen molar-refractivity contribution in [3.63, 3.8) is 0 Å². The number of carbonyl (C=O) groups is 1. The standard InChI is InChI=1S/CH3Cl.CH2O2/c1-2;2-1-3/h1H3;1H,(H,2,3). The van der Waals surface area contributed by atoms with Gasteiger partial charge in [0.25, 0.3) is 6.47 Å². The van der Waals surface area contributed by atoms with Gasteiger partial charge in [0.05, 0.1) is 0 Å². The van der Waals surface area contributed by atoms with Crippen molar-refractivity contribution in [2.45, 2.75) is 0 Å². The molecule has 0 heterocycles.